The second-order valence-electron chi connectivity index (χ2n) is 10.3. The normalized spacial score (nSPS) is 12.1. The highest BCUT2D eigenvalue weighted by Crippen LogP contribution is 2.32. The van der Waals surface area contributed by atoms with Gasteiger partial charge in [-0.05, 0) is 75.6 Å². The molecule has 0 aliphatic heterocycles. The van der Waals surface area contributed by atoms with Crippen LogP contribution in [0, 0.1) is 17.2 Å². The number of esters is 1. The second-order valence-corrected chi connectivity index (χ2v) is 11.1. The molecule has 0 aliphatic carbocycles. The van der Waals surface area contributed by atoms with E-state index in [2.05, 4.69) is 11.4 Å². The first-order valence-electron chi connectivity index (χ1n) is 12.0. The molecule has 0 aliphatic rings. The second kappa shape index (κ2) is 11.8. The lowest BCUT2D eigenvalue weighted by Gasteiger charge is -2.22. The molecular weight excluding hydrogens is 525 g/mol. The summed E-state index contributed by atoms with van der Waals surface area (Å²) in [5.41, 5.74) is 0.852. The van der Waals surface area contributed by atoms with Gasteiger partial charge in [-0.25, -0.2) is 4.79 Å². The van der Waals surface area contributed by atoms with Gasteiger partial charge in [-0.3, -0.25) is 9.59 Å². The van der Waals surface area contributed by atoms with Gasteiger partial charge < -0.3 is 14.6 Å². The summed E-state index contributed by atoms with van der Waals surface area (Å²) < 4.78 is 6.67. The minimum atomic E-state index is -0.852. The van der Waals surface area contributed by atoms with Gasteiger partial charge in [0, 0.05) is 34.1 Å². The van der Waals surface area contributed by atoms with Crippen molar-refractivity contribution in [3.8, 4) is 17.2 Å². The molecule has 0 saturated carbocycles. The minimum Gasteiger partial charge on any atom is -0.456 e. The average molecular weight is 554 g/mol. The number of pyridine rings is 1. The molecule has 0 radical (unpaired) electrons. The Kier molecular flexibility index (Phi) is 9.03. The van der Waals surface area contributed by atoms with Gasteiger partial charge in [0.1, 0.15) is 11.6 Å². The summed E-state index contributed by atoms with van der Waals surface area (Å²) in [6, 6.07) is 13.6. The highest BCUT2D eigenvalue weighted by atomic mass is 35.5. The lowest BCUT2D eigenvalue weighted by Crippen LogP contribution is -2.34. The number of anilines is 1. The van der Waals surface area contributed by atoms with E-state index in [4.69, 9.17) is 27.9 Å². The Balaban J connectivity index is 1.91. The molecule has 3 rings (SSSR count). The zero-order valence-electron chi connectivity index (χ0n) is 21.8. The molecule has 38 heavy (non-hydrogen) atoms. The van der Waals surface area contributed by atoms with Crippen molar-refractivity contribution < 1.29 is 14.3 Å². The van der Waals surface area contributed by atoms with Crippen molar-refractivity contribution in [1.29, 1.82) is 5.26 Å². The Morgan fingerprint density at radius 3 is 2.29 bits per heavy atom. The van der Waals surface area contributed by atoms with Crippen molar-refractivity contribution in [3.63, 3.8) is 0 Å². The summed E-state index contributed by atoms with van der Waals surface area (Å²) in [5.74, 6) is -0.785. The third kappa shape index (κ3) is 7.25. The predicted molar refractivity (Wildman–Crippen MR) is 150 cm³/mol. The van der Waals surface area contributed by atoms with Gasteiger partial charge >= 0.3 is 5.97 Å². The molecule has 1 amide bonds. The zero-order valence-corrected chi connectivity index (χ0v) is 23.4. The van der Waals surface area contributed by atoms with Crippen LogP contribution in [0.3, 0.4) is 0 Å². The lowest BCUT2D eigenvalue weighted by atomic mass is 10.00. The van der Waals surface area contributed by atoms with Crippen molar-refractivity contribution in [2.45, 2.75) is 52.7 Å². The molecule has 0 saturated heterocycles. The van der Waals surface area contributed by atoms with Crippen LogP contribution in [0.1, 0.15) is 63.0 Å². The fourth-order valence-corrected chi connectivity index (χ4v) is 4.29. The number of benzene rings is 2. The van der Waals surface area contributed by atoms with E-state index in [1.807, 2.05) is 13.8 Å². The standard InChI is InChI=1S/C29H29Cl2N3O4/c1-17(2)12-25(27(36)33-21-10-7-18(8-11-21)28(37)38-29(3,4)5)34-16-24(31)23(14-26(34)35)22-13-20(30)9-6-19(22)15-32/h6-11,13-14,16-17,25H,12H2,1-5H3,(H,33,36). The largest absolute Gasteiger partial charge is 0.456 e. The van der Waals surface area contributed by atoms with E-state index in [1.165, 1.54) is 16.8 Å². The first-order valence-corrected chi connectivity index (χ1v) is 12.8. The monoisotopic (exact) mass is 553 g/mol. The van der Waals surface area contributed by atoms with Crippen LogP contribution in [0.2, 0.25) is 10.0 Å². The van der Waals surface area contributed by atoms with Crippen LogP contribution in [0.15, 0.2) is 59.5 Å². The first-order chi connectivity index (χ1) is 17.8. The number of nitriles is 1. The Morgan fingerprint density at radius 2 is 1.71 bits per heavy atom. The molecule has 7 nitrogen and oxygen atoms in total. The number of amides is 1. The first kappa shape index (κ1) is 29.0. The van der Waals surface area contributed by atoms with Crippen LogP contribution in [-0.2, 0) is 9.53 Å². The van der Waals surface area contributed by atoms with Crippen molar-refractivity contribution in [1.82, 2.24) is 4.57 Å². The molecule has 1 N–H and O–H groups in total. The van der Waals surface area contributed by atoms with Gasteiger partial charge in [-0.1, -0.05) is 37.0 Å². The number of ether oxygens (including phenoxy) is 1. The highest BCUT2D eigenvalue weighted by Gasteiger charge is 2.25. The maximum atomic E-state index is 13.4. The van der Waals surface area contributed by atoms with Crippen LogP contribution < -0.4 is 10.9 Å². The van der Waals surface area contributed by atoms with Crippen molar-refractivity contribution in [3.05, 3.63) is 86.3 Å². The molecule has 0 fully saturated rings. The highest BCUT2D eigenvalue weighted by molar-refractivity contribution is 6.34. The van der Waals surface area contributed by atoms with Gasteiger partial charge in [-0.2, -0.15) is 5.26 Å². The molecule has 2 aromatic carbocycles. The number of nitrogens with one attached hydrogen (secondary N) is 1. The Hall–Kier alpha value is -3.60. The number of hydrogen-bond donors (Lipinski definition) is 1. The van der Waals surface area contributed by atoms with Crippen molar-refractivity contribution in [2.75, 3.05) is 5.32 Å². The van der Waals surface area contributed by atoms with E-state index in [0.29, 0.717) is 39.4 Å². The topological polar surface area (TPSA) is 101 Å². The maximum Gasteiger partial charge on any atom is 0.338 e. The maximum absolute atomic E-state index is 13.4. The van der Waals surface area contributed by atoms with E-state index >= 15 is 0 Å². The molecule has 3 aromatic rings. The predicted octanol–water partition coefficient (Wildman–Crippen LogP) is 6.87. The Morgan fingerprint density at radius 1 is 1.05 bits per heavy atom. The van der Waals surface area contributed by atoms with E-state index < -0.39 is 29.1 Å². The summed E-state index contributed by atoms with van der Waals surface area (Å²) in [5, 5.41) is 12.9. The number of nitrogens with zero attached hydrogens (tertiary/aromatic N) is 2. The summed E-state index contributed by atoms with van der Waals surface area (Å²) in [6.07, 6.45) is 1.79. The number of halogens is 2. The summed E-state index contributed by atoms with van der Waals surface area (Å²) in [6.45, 7) is 9.25. The number of carbonyl (C=O) groups is 2. The smallest absolute Gasteiger partial charge is 0.338 e. The van der Waals surface area contributed by atoms with E-state index in [9.17, 15) is 19.6 Å². The van der Waals surface area contributed by atoms with Gasteiger partial charge in [0.2, 0.25) is 5.91 Å². The molecular formula is C29H29Cl2N3O4. The quantitative estimate of drug-likeness (QED) is 0.321. The number of carbonyl (C=O) groups excluding carboxylic acids is 2. The molecule has 9 heteroatoms. The van der Waals surface area contributed by atoms with E-state index in [-0.39, 0.29) is 10.9 Å². The van der Waals surface area contributed by atoms with E-state index in [1.54, 1.807) is 63.2 Å². The molecule has 1 aromatic heterocycles. The Labute approximate surface area is 232 Å². The fourth-order valence-electron chi connectivity index (χ4n) is 3.85. The van der Waals surface area contributed by atoms with Crippen LogP contribution in [-0.4, -0.2) is 22.0 Å². The lowest BCUT2D eigenvalue weighted by molar-refractivity contribution is -0.119. The number of hydrogen-bond acceptors (Lipinski definition) is 5. The average Bonchev–Trinajstić information content (AvgIpc) is 2.83. The molecule has 1 heterocycles. The SMILES string of the molecule is CC(C)CC(C(=O)Nc1ccc(C(=O)OC(C)(C)C)cc1)n1cc(Cl)c(-c2cc(Cl)ccc2C#N)cc1=O. The zero-order chi connectivity index (χ0) is 28.2. The van der Waals surface area contributed by atoms with Crippen molar-refractivity contribution >= 4 is 40.8 Å². The van der Waals surface area contributed by atoms with Crippen molar-refractivity contribution in [2.24, 2.45) is 5.92 Å². The third-order valence-corrected chi connectivity index (χ3v) is 6.08. The molecule has 0 spiro atoms. The van der Waals surface area contributed by atoms with Gasteiger partial charge in [0.15, 0.2) is 0 Å². The van der Waals surface area contributed by atoms with E-state index in [0.717, 1.165) is 0 Å². The van der Waals surface area contributed by atoms with Crippen LogP contribution >= 0.6 is 23.2 Å². The molecule has 1 atom stereocenters. The Bertz CT molecular complexity index is 1450. The molecule has 1 unspecified atom stereocenters. The molecule has 0 bridgehead atoms. The van der Waals surface area contributed by atoms with Crippen LogP contribution in [0.5, 0.6) is 0 Å². The minimum absolute atomic E-state index is 0.0868. The summed E-state index contributed by atoms with van der Waals surface area (Å²) in [7, 11) is 0. The van der Waals surface area contributed by atoms with Gasteiger partial charge in [0.05, 0.1) is 22.2 Å². The number of rotatable bonds is 7. The summed E-state index contributed by atoms with van der Waals surface area (Å²) >= 11 is 12.7. The van der Waals surface area contributed by atoms with Crippen LogP contribution in [0.4, 0.5) is 5.69 Å². The summed E-state index contributed by atoms with van der Waals surface area (Å²) in [4.78, 5) is 38.9. The molecule has 198 valence electrons. The van der Waals surface area contributed by atoms with Gasteiger partial charge in [0.25, 0.3) is 5.56 Å². The van der Waals surface area contributed by atoms with Gasteiger partial charge in [-0.15, -0.1) is 0 Å². The van der Waals surface area contributed by atoms with Crippen LogP contribution in [0.25, 0.3) is 11.1 Å². The fraction of sp³-hybridized carbons (Fsp3) is 0.310. The number of aromatic nitrogens is 1. The third-order valence-electron chi connectivity index (χ3n) is 5.54.